The number of fused-ring (bicyclic) bond motifs is 2. The lowest BCUT2D eigenvalue weighted by Crippen LogP contribution is -2.37. The molecule has 0 saturated carbocycles. The van der Waals surface area contributed by atoms with E-state index < -0.39 is 0 Å². The van der Waals surface area contributed by atoms with Crippen LogP contribution in [-0.2, 0) is 17.6 Å². The summed E-state index contributed by atoms with van der Waals surface area (Å²) >= 11 is 0. The van der Waals surface area contributed by atoms with Gasteiger partial charge < -0.3 is 9.64 Å². The number of nitrogens with zero attached hydrogens (tertiary/aromatic N) is 2. The van der Waals surface area contributed by atoms with Crippen molar-refractivity contribution in [3.05, 3.63) is 70.0 Å². The van der Waals surface area contributed by atoms with Crippen LogP contribution in [0, 0.1) is 6.92 Å². The van der Waals surface area contributed by atoms with E-state index in [1.54, 1.807) is 0 Å². The number of ether oxygens (including phenoxy) is 1. The third-order valence-corrected chi connectivity index (χ3v) is 6.52. The number of hydrogen-bond donors (Lipinski definition) is 0. The summed E-state index contributed by atoms with van der Waals surface area (Å²) in [5, 5.41) is 0. The van der Waals surface area contributed by atoms with Crippen LogP contribution < -0.4 is 0 Å². The fraction of sp³-hybridized carbons (Fsp3) is 0.481. The summed E-state index contributed by atoms with van der Waals surface area (Å²) in [6, 6.07) is 11.1. The van der Waals surface area contributed by atoms with Crippen molar-refractivity contribution in [2.24, 2.45) is 0 Å². The molecule has 2 heterocycles. The minimum Gasteiger partial charge on any atom is -0.449 e. The van der Waals surface area contributed by atoms with Crippen LogP contribution in [-0.4, -0.2) is 35.7 Å². The van der Waals surface area contributed by atoms with Crippen molar-refractivity contribution in [1.82, 2.24) is 9.88 Å². The van der Waals surface area contributed by atoms with Crippen LogP contribution in [0.5, 0.6) is 0 Å². The summed E-state index contributed by atoms with van der Waals surface area (Å²) < 4.78 is 5.51. The number of benzene rings is 1. The van der Waals surface area contributed by atoms with Crippen LogP contribution in [0.25, 0.3) is 5.57 Å². The Labute approximate surface area is 186 Å². The SMILES string of the molecule is CCCCCCOC(=O)N1CCC(=C2c3ccc(C)cc3CCc3cccnc32)CC1. The highest BCUT2D eigenvalue weighted by Crippen LogP contribution is 2.37. The molecule has 2 aliphatic rings. The van der Waals surface area contributed by atoms with Crippen molar-refractivity contribution in [2.75, 3.05) is 19.7 Å². The van der Waals surface area contributed by atoms with Gasteiger partial charge in [0.25, 0.3) is 0 Å². The minimum absolute atomic E-state index is 0.157. The average molecular weight is 419 g/mol. The zero-order chi connectivity index (χ0) is 21.6. The molecule has 164 valence electrons. The number of piperidine rings is 1. The van der Waals surface area contributed by atoms with Gasteiger partial charge in [0.1, 0.15) is 0 Å². The molecular weight excluding hydrogens is 384 g/mol. The number of carbonyl (C=O) groups is 1. The van der Waals surface area contributed by atoms with E-state index in [9.17, 15) is 4.79 Å². The Balaban J connectivity index is 1.53. The summed E-state index contributed by atoms with van der Waals surface area (Å²) in [6.07, 6.45) is 10.1. The summed E-state index contributed by atoms with van der Waals surface area (Å²) in [5.74, 6) is 0. The van der Waals surface area contributed by atoms with E-state index in [1.165, 1.54) is 46.2 Å². The lowest BCUT2D eigenvalue weighted by Gasteiger charge is -2.29. The van der Waals surface area contributed by atoms with E-state index in [-0.39, 0.29) is 6.09 Å². The first-order valence-corrected chi connectivity index (χ1v) is 11.8. The van der Waals surface area contributed by atoms with E-state index in [0.29, 0.717) is 6.61 Å². The number of hydrogen-bond acceptors (Lipinski definition) is 3. The molecule has 1 amide bonds. The second-order valence-corrected chi connectivity index (χ2v) is 8.81. The van der Waals surface area contributed by atoms with Gasteiger partial charge in [-0.25, -0.2) is 4.79 Å². The number of aromatic nitrogens is 1. The van der Waals surface area contributed by atoms with Gasteiger partial charge in [0, 0.05) is 24.9 Å². The lowest BCUT2D eigenvalue weighted by molar-refractivity contribution is 0.0979. The number of likely N-dealkylation sites (tertiary alicyclic amines) is 1. The second kappa shape index (κ2) is 10.1. The van der Waals surface area contributed by atoms with Gasteiger partial charge >= 0.3 is 6.09 Å². The molecule has 0 N–H and O–H groups in total. The highest BCUT2D eigenvalue weighted by Gasteiger charge is 2.26. The second-order valence-electron chi connectivity index (χ2n) is 8.81. The van der Waals surface area contributed by atoms with Gasteiger partial charge in [-0.2, -0.15) is 0 Å². The molecule has 0 bridgehead atoms. The lowest BCUT2D eigenvalue weighted by atomic mass is 9.88. The molecule has 0 unspecified atom stereocenters. The number of rotatable bonds is 5. The molecule has 1 aromatic carbocycles. The zero-order valence-electron chi connectivity index (χ0n) is 19.0. The molecule has 2 aromatic rings. The summed E-state index contributed by atoms with van der Waals surface area (Å²) in [5.41, 5.74) is 9.22. The standard InChI is InChI=1S/C27H34N2O2/c1-3-4-5-6-18-31-27(30)29-16-13-21(14-17-29)25-24-12-9-20(2)19-23(24)11-10-22-8-7-15-28-26(22)25/h7-9,12,15,19H,3-6,10-11,13-14,16-18H2,1-2H3. The molecule has 4 nitrogen and oxygen atoms in total. The van der Waals surface area contributed by atoms with Crippen LogP contribution in [0.4, 0.5) is 4.79 Å². The van der Waals surface area contributed by atoms with Gasteiger partial charge in [-0.3, -0.25) is 4.98 Å². The number of aryl methyl sites for hydroxylation is 3. The number of amides is 1. The van der Waals surface area contributed by atoms with Crippen LogP contribution >= 0.6 is 0 Å². The van der Waals surface area contributed by atoms with Crippen LogP contribution in [0.1, 0.15) is 73.4 Å². The summed E-state index contributed by atoms with van der Waals surface area (Å²) in [7, 11) is 0. The minimum atomic E-state index is -0.157. The number of carbonyl (C=O) groups excluding carboxylic acids is 1. The highest BCUT2D eigenvalue weighted by atomic mass is 16.6. The first-order chi connectivity index (χ1) is 15.2. The molecule has 0 radical (unpaired) electrons. The van der Waals surface area contributed by atoms with Gasteiger partial charge in [-0.1, -0.05) is 61.6 Å². The average Bonchev–Trinajstić information content (AvgIpc) is 2.95. The molecular formula is C27H34N2O2. The van der Waals surface area contributed by atoms with Crippen molar-refractivity contribution in [3.63, 3.8) is 0 Å². The van der Waals surface area contributed by atoms with Crippen LogP contribution in [0.15, 0.2) is 42.1 Å². The fourth-order valence-corrected chi connectivity index (χ4v) is 4.78. The fourth-order valence-electron chi connectivity index (χ4n) is 4.78. The molecule has 4 rings (SSSR count). The molecule has 0 spiro atoms. The maximum absolute atomic E-state index is 12.5. The van der Waals surface area contributed by atoms with Crippen molar-refractivity contribution in [1.29, 1.82) is 0 Å². The largest absolute Gasteiger partial charge is 0.449 e. The van der Waals surface area contributed by atoms with Crippen molar-refractivity contribution in [3.8, 4) is 0 Å². The van der Waals surface area contributed by atoms with Gasteiger partial charge in [-0.05, 0) is 61.8 Å². The van der Waals surface area contributed by atoms with Gasteiger partial charge in [-0.15, -0.1) is 0 Å². The molecule has 1 fully saturated rings. The van der Waals surface area contributed by atoms with Crippen LogP contribution in [0.2, 0.25) is 0 Å². The Hall–Kier alpha value is -2.62. The predicted molar refractivity (Wildman–Crippen MR) is 125 cm³/mol. The summed E-state index contributed by atoms with van der Waals surface area (Å²) in [6.45, 7) is 6.32. The maximum Gasteiger partial charge on any atom is 0.409 e. The molecule has 1 aliphatic heterocycles. The summed E-state index contributed by atoms with van der Waals surface area (Å²) in [4.78, 5) is 19.2. The molecule has 1 aliphatic carbocycles. The third-order valence-electron chi connectivity index (χ3n) is 6.52. The van der Waals surface area contributed by atoms with Crippen molar-refractivity contribution < 1.29 is 9.53 Å². The van der Waals surface area contributed by atoms with E-state index in [4.69, 9.17) is 9.72 Å². The predicted octanol–water partition coefficient (Wildman–Crippen LogP) is 6.10. The molecule has 0 atom stereocenters. The van der Waals surface area contributed by atoms with Crippen molar-refractivity contribution in [2.45, 2.75) is 65.2 Å². The Kier molecular flexibility index (Phi) is 7.06. The molecule has 1 saturated heterocycles. The Morgan fingerprint density at radius 3 is 2.65 bits per heavy atom. The number of pyridine rings is 1. The Morgan fingerprint density at radius 2 is 1.84 bits per heavy atom. The molecule has 31 heavy (non-hydrogen) atoms. The first kappa shape index (κ1) is 21.6. The smallest absolute Gasteiger partial charge is 0.409 e. The first-order valence-electron chi connectivity index (χ1n) is 11.8. The molecule has 4 heteroatoms. The normalized spacial score (nSPS) is 15.9. The van der Waals surface area contributed by atoms with Gasteiger partial charge in [0.15, 0.2) is 0 Å². The van der Waals surface area contributed by atoms with Crippen molar-refractivity contribution >= 4 is 11.7 Å². The van der Waals surface area contributed by atoms with Crippen LogP contribution in [0.3, 0.4) is 0 Å². The molecule has 1 aromatic heterocycles. The third kappa shape index (κ3) is 5.00. The van der Waals surface area contributed by atoms with E-state index >= 15 is 0 Å². The van der Waals surface area contributed by atoms with Gasteiger partial charge in [0.2, 0.25) is 0 Å². The maximum atomic E-state index is 12.5. The Bertz CT molecular complexity index is 953. The topological polar surface area (TPSA) is 42.4 Å². The van der Waals surface area contributed by atoms with E-state index in [0.717, 1.165) is 57.3 Å². The highest BCUT2D eigenvalue weighted by molar-refractivity contribution is 5.84. The van der Waals surface area contributed by atoms with Gasteiger partial charge in [0.05, 0.1) is 12.3 Å². The quantitative estimate of drug-likeness (QED) is 0.551. The van der Waals surface area contributed by atoms with E-state index in [1.807, 2.05) is 17.2 Å². The Morgan fingerprint density at radius 1 is 1.03 bits per heavy atom. The zero-order valence-corrected chi connectivity index (χ0v) is 19.0. The monoisotopic (exact) mass is 418 g/mol. The van der Waals surface area contributed by atoms with E-state index in [2.05, 4.69) is 38.1 Å². The number of unbranched alkanes of at least 4 members (excludes halogenated alkanes) is 3.